The number of nitrogens with zero attached hydrogens (tertiary/aromatic N) is 1. The van der Waals surface area contributed by atoms with Crippen molar-refractivity contribution in [3.8, 4) is 0 Å². The van der Waals surface area contributed by atoms with E-state index in [9.17, 15) is 9.59 Å². The molecule has 0 spiro atoms. The van der Waals surface area contributed by atoms with Gasteiger partial charge in [0.2, 0.25) is 5.91 Å². The zero-order valence-corrected chi connectivity index (χ0v) is 10.7. The van der Waals surface area contributed by atoms with Gasteiger partial charge in [-0.1, -0.05) is 32.0 Å². The Kier molecular flexibility index (Phi) is 2.09. The minimum absolute atomic E-state index is 0.0508. The Hall–Kier alpha value is -1.84. The lowest BCUT2D eigenvalue weighted by atomic mass is 9.87. The number of amides is 2. The first-order chi connectivity index (χ1) is 8.48. The van der Waals surface area contributed by atoms with Crippen molar-refractivity contribution in [1.82, 2.24) is 10.2 Å². The maximum atomic E-state index is 12.5. The van der Waals surface area contributed by atoms with Gasteiger partial charge < -0.3 is 5.32 Å². The molecule has 0 radical (unpaired) electrons. The fourth-order valence-electron chi connectivity index (χ4n) is 2.86. The molecule has 1 fully saturated rings. The lowest BCUT2D eigenvalue weighted by Gasteiger charge is -2.34. The molecule has 1 saturated heterocycles. The van der Waals surface area contributed by atoms with E-state index >= 15 is 0 Å². The highest BCUT2D eigenvalue weighted by Gasteiger charge is 2.58. The molecule has 2 aliphatic heterocycles. The van der Waals surface area contributed by atoms with Crippen molar-refractivity contribution in [2.75, 3.05) is 0 Å². The molecule has 18 heavy (non-hydrogen) atoms. The van der Waals surface area contributed by atoms with Crippen LogP contribution in [0, 0.1) is 5.92 Å². The number of rotatable bonds is 1. The van der Waals surface area contributed by atoms with Crippen LogP contribution in [0.15, 0.2) is 24.3 Å². The number of carbonyl (C=O) groups is 2. The highest BCUT2D eigenvalue weighted by molar-refractivity contribution is 6.06. The predicted molar refractivity (Wildman–Crippen MR) is 66.7 cm³/mol. The van der Waals surface area contributed by atoms with E-state index in [0.717, 1.165) is 5.56 Å². The summed E-state index contributed by atoms with van der Waals surface area (Å²) in [7, 11) is 0. The van der Waals surface area contributed by atoms with Crippen molar-refractivity contribution in [2.24, 2.45) is 5.92 Å². The number of carbonyl (C=O) groups excluding carboxylic acids is 2. The third-order valence-electron chi connectivity index (χ3n) is 4.31. The number of fused-ring (bicyclic) bond motifs is 3. The Labute approximate surface area is 106 Å². The maximum Gasteiger partial charge on any atom is 0.257 e. The number of nitrogens with one attached hydrogen (secondary N) is 1. The molecule has 3 rings (SSSR count). The molecule has 0 bridgehead atoms. The number of hydrogen-bond donors (Lipinski definition) is 1. The van der Waals surface area contributed by atoms with Gasteiger partial charge in [0.15, 0.2) is 0 Å². The van der Waals surface area contributed by atoms with Gasteiger partial charge in [0.25, 0.3) is 5.91 Å². The fourth-order valence-corrected chi connectivity index (χ4v) is 2.86. The van der Waals surface area contributed by atoms with E-state index in [2.05, 4.69) is 5.32 Å². The maximum absolute atomic E-state index is 12.5. The second kappa shape index (κ2) is 3.34. The monoisotopic (exact) mass is 244 g/mol. The number of benzene rings is 1. The van der Waals surface area contributed by atoms with E-state index < -0.39 is 5.54 Å². The number of hydrogen-bond acceptors (Lipinski definition) is 2. The van der Waals surface area contributed by atoms with Crippen LogP contribution in [0.1, 0.15) is 42.9 Å². The van der Waals surface area contributed by atoms with E-state index in [1.165, 1.54) is 0 Å². The van der Waals surface area contributed by atoms with Crippen molar-refractivity contribution < 1.29 is 9.59 Å². The molecule has 94 valence electrons. The highest BCUT2D eigenvalue weighted by Crippen LogP contribution is 2.44. The predicted octanol–water partition coefficient (Wildman–Crippen LogP) is 1.69. The largest absolute Gasteiger partial charge is 0.330 e. The van der Waals surface area contributed by atoms with Crippen LogP contribution >= 0.6 is 0 Å². The van der Waals surface area contributed by atoms with Gasteiger partial charge in [-0.25, -0.2) is 0 Å². The van der Waals surface area contributed by atoms with Crippen molar-refractivity contribution in [1.29, 1.82) is 0 Å². The second-order valence-corrected chi connectivity index (χ2v) is 5.44. The minimum atomic E-state index is -0.763. The summed E-state index contributed by atoms with van der Waals surface area (Å²) in [6.45, 7) is 5.78. The fraction of sp³-hybridized carbons (Fsp3) is 0.429. The molecule has 4 heteroatoms. The van der Waals surface area contributed by atoms with Gasteiger partial charge in [-0.3, -0.25) is 14.5 Å². The lowest BCUT2D eigenvalue weighted by Crippen LogP contribution is -2.51. The average Bonchev–Trinajstić information content (AvgIpc) is 2.77. The van der Waals surface area contributed by atoms with Crippen LogP contribution in [0.25, 0.3) is 0 Å². The van der Waals surface area contributed by atoms with Gasteiger partial charge in [0.1, 0.15) is 11.7 Å². The van der Waals surface area contributed by atoms with Gasteiger partial charge in [0, 0.05) is 11.1 Å². The summed E-state index contributed by atoms with van der Waals surface area (Å²) in [6.07, 6.45) is -0.298. The van der Waals surface area contributed by atoms with E-state index in [1.54, 1.807) is 4.90 Å². The van der Waals surface area contributed by atoms with Gasteiger partial charge in [0.05, 0.1) is 0 Å². The Morgan fingerprint density at radius 2 is 1.94 bits per heavy atom. The molecule has 2 unspecified atom stereocenters. The Morgan fingerprint density at radius 1 is 1.28 bits per heavy atom. The summed E-state index contributed by atoms with van der Waals surface area (Å²) in [5.41, 5.74) is 0.843. The molecular formula is C14H16N2O2. The zero-order valence-electron chi connectivity index (χ0n) is 10.7. The van der Waals surface area contributed by atoms with Crippen LogP contribution in [-0.4, -0.2) is 22.3 Å². The topological polar surface area (TPSA) is 49.4 Å². The standard InChI is InChI=1S/C14H16N2O2/c1-8(2)14(3)13(18)15-11-9-6-4-5-7-10(9)12(17)16(11)14/h4-8,11H,1-3H3,(H,15,18). The Bertz CT molecular complexity index is 552. The normalized spacial score (nSPS) is 29.6. The van der Waals surface area contributed by atoms with E-state index in [1.807, 2.05) is 45.0 Å². The molecule has 2 atom stereocenters. The highest BCUT2D eigenvalue weighted by atomic mass is 16.2. The summed E-state index contributed by atoms with van der Waals surface area (Å²) >= 11 is 0. The Balaban J connectivity index is 2.16. The van der Waals surface area contributed by atoms with Crippen molar-refractivity contribution in [3.63, 3.8) is 0 Å². The molecule has 4 nitrogen and oxygen atoms in total. The SMILES string of the molecule is CC(C)C1(C)C(=O)NC2c3ccccc3C(=O)N21. The smallest absolute Gasteiger partial charge is 0.257 e. The zero-order chi connectivity index (χ0) is 13.1. The molecule has 1 aromatic rings. The summed E-state index contributed by atoms with van der Waals surface area (Å²) in [5.74, 6) is -0.0451. The van der Waals surface area contributed by atoms with Crippen molar-refractivity contribution in [2.45, 2.75) is 32.5 Å². The van der Waals surface area contributed by atoms with Crippen LogP contribution in [0.4, 0.5) is 0 Å². The molecule has 2 amide bonds. The molecule has 2 aliphatic rings. The second-order valence-electron chi connectivity index (χ2n) is 5.44. The third kappa shape index (κ3) is 1.10. The minimum Gasteiger partial charge on any atom is -0.330 e. The summed E-state index contributed by atoms with van der Waals surface area (Å²) < 4.78 is 0. The first-order valence-corrected chi connectivity index (χ1v) is 6.21. The van der Waals surface area contributed by atoms with Crippen molar-refractivity contribution in [3.05, 3.63) is 35.4 Å². The van der Waals surface area contributed by atoms with E-state index in [4.69, 9.17) is 0 Å². The summed E-state index contributed by atoms with van der Waals surface area (Å²) in [4.78, 5) is 26.4. The van der Waals surface area contributed by atoms with Gasteiger partial charge in [-0.05, 0) is 18.9 Å². The average molecular weight is 244 g/mol. The molecular weight excluding hydrogens is 228 g/mol. The quantitative estimate of drug-likeness (QED) is 0.817. The molecule has 0 aliphatic carbocycles. The van der Waals surface area contributed by atoms with Crippen molar-refractivity contribution >= 4 is 11.8 Å². The van der Waals surface area contributed by atoms with Crippen LogP contribution in [0.5, 0.6) is 0 Å². The summed E-state index contributed by atoms with van der Waals surface area (Å²) in [6, 6.07) is 7.48. The first-order valence-electron chi connectivity index (χ1n) is 6.21. The summed E-state index contributed by atoms with van der Waals surface area (Å²) in [5, 5.41) is 2.94. The molecule has 1 aromatic carbocycles. The Morgan fingerprint density at radius 3 is 2.61 bits per heavy atom. The molecule has 0 saturated carbocycles. The van der Waals surface area contributed by atoms with Gasteiger partial charge >= 0.3 is 0 Å². The van der Waals surface area contributed by atoms with Crippen LogP contribution in [-0.2, 0) is 4.79 Å². The van der Waals surface area contributed by atoms with E-state index in [0.29, 0.717) is 5.56 Å². The molecule has 0 aromatic heterocycles. The van der Waals surface area contributed by atoms with Crippen LogP contribution in [0.3, 0.4) is 0 Å². The molecule has 2 heterocycles. The molecule has 1 N–H and O–H groups in total. The third-order valence-corrected chi connectivity index (χ3v) is 4.31. The van der Waals surface area contributed by atoms with Gasteiger partial charge in [-0.15, -0.1) is 0 Å². The van der Waals surface area contributed by atoms with E-state index in [-0.39, 0.29) is 23.9 Å². The first kappa shape index (κ1) is 11.3. The lowest BCUT2D eigenvalue weighted by molar-refractivity contribution is -0.127. The van der Waals surface area contributed by atoms with Crippen LogP contribution in [0.2, 0.25) is 0 Å². The van der Waals surface area contributed by atoms with Crippen LogP contribution < -0.4 is 5.32 Å². The van der Waals surface area contributed by atoms with Gasteiger partial charge in [-0.2, -0.15) is 0 Å².